The molecule has 0 radical (unpaired) electrons. The van der Waals surface area contributed by atoms with Crippen molar-refractivity contribution in [3.63, 3.8) is 0 Å². The van der Waals surface area contributed by atoms with Crippen LogP contribution in [-0.2, 0) is 14.4 Å². The third kappa shape index (κ3) is 3.21. The summed E-state index contributed by atoms with van der Waals surface area (Å²) in [6.45, 7) is -0.700. The number of carboxylic acid groups (broad SMARTS) is 1. The third-order valence-corrected chi connectivity index (χ3v) is 5.49. The normalized spacial score (nSPS) is 29.2. The van der Waals surface area contributed by atoms with Gasteiger partial charge in [0.25, 0.3) is 0 Å². The zero-order valence-corrected chi connectivity index (χ0v) is 13.0. The SMILES string of the molecule is O=C(O)C1CC12CCN(C(=O)C1CC(=O)N(CC(F)(F)F)C1)CC2. The average Bonchev–Trinajstić information content (AvgIpc) is 3.07. The van der Waals surface area contributed by atoms with E-state index in [4.69, 9.17) is 5.11 Å². The Hall–Kier alpha value is -1.80. The molecule has 6 nitrogen and oxygen atoms in total. The Bertz CT molecular complexity index is 570. The highest BCUT2D eigenvalue weighted by molar-refractivity contribution is 5.89. The van der Waals surface area contributed by atoms with Crippen LogP contribution in [-0.4, -0.2) is 65.0 Å². The van der Waals surface area contributed by atoms with Crippen molar-refractivity contribution in [3.8, 4) is 0 Å². The molecular weight excluding hydrogens is 329 g/mol. The number of nitrogens with zero attached hydrogens (tertiary/aromatic N) is 2. The Morgan fingerprint density at radius 3 is 2.38 bits per heavy atom. The molecule has 2 heterocycles. The van der Waals surface area contributed by atoms with E-state index in [0.29, 0.717) is 37.3 Å². The molecule has 2 amide bonds. The van der Waals surface area contributed by atoms with Gasteiger partial charge in [0.2, 0.25) is 11.8 Å². The molecule has 2 saturated heterocycles. The van der Waals surface area contributed by atoms with Gasteiger partial charge in [-0.25, -0.2) is 0 Å². The van der Waals surface area contributed by atoms with Gasteiger partial charge in [-0.15, -0.1) is 0 Å². The lowest BCUT2D eigenvalue weighted by Crippen LogP contribution is -2.44. The molecule has 3 aliphatic rings. The van der Waals surface area contributed by atoms with Crippen LogP contribution in [0.4, 0.5) is 13.2 Å². The van der Waals surface area contributed by atoms with Crippen molar-refractivity contribution in [2.45, 2.75) is 31.9 Å². The molecule has 3 fully saturated rings. The number of carbonyl (C=O) groups is 3. The van der Waals surface area contributed by atoms with Gasteiger partial charge in [0.15, 0.2) is 0 Å². The quantitative estimate of drug-likeness (QED) is 0.829. The average molecular weight is 348 g/mol. The molecule has 1 N–H and O–H groups in total. The Labute approximate surface area is 136 Å². The van der Waals surface area contributed by atoms with Gasteiger partial charge in [-0.3, -0.25) is 14.4 Å². The summed E-state index contributed by atoms with van der Waals surface area (Å²) >= 11 is 0. The van der Waals surface area contributed by atoms with Crippen molar-refractivity contribution in [2.24, 2.45) is 17.3 Å². The first-order valence-electron chi connectivity index (χ1n) is 7.97. The molecule has 24 heavy (non-hydrogen) atoms. The molecule has 0 aromatic rings. The number of hydrogen-bond donors (Lipinski definition) is 1. The van der Waals surface area contributed by atoms with E-state index in [-0.39, 0.29) is 30.2 Å². The Morgan fingerprint density at radius 1 is 1.25 bits per heavy atom. The first-order valence-corrected chi connectivity index (χ1v) is 7.97. The summed E-state index contributed by atoms with van der Waals surface area (Å²) in [6, 6.07) is 0. The summed E-state index contributed by atoms with van der Waals surface area (Å²) in [5, 5.41) is 9.05. The predicted octanol–water partition coefficient (Wildman–Crippen LogP) is 1.11. The monoisotopic (exact) mass is 348 g/mol. The minimum absolute atomic E-state index is 0.186. The zero-order valence-electron chi connectivity index (χ0n) is 13.0. The van der Waals surface area contributed by atoms with E-state index in [0.717, 1.165) is 0 Å². The summed E-state index contributed by atoms with van der Waals surface area (Å²) in [5.41, 5.74) is -0.212. The molecule has 9 heteroatoms. The highest BCUT2D eigenvalue weighted by Crippen LogP contribution is 2.59. The molecule has 2 atom stereocenters. The molecule has 2 unspecified atom stereocenters. The summed E-state index contributed by atoms with van der Waals surface area (Å²) < 4.78 is 37.3. The summed E-state index contributed by atoms with van der Waals surface area (Å²) in [7, 11) is 0. The maximum absolute atomic E-state index is 12.5. The molecule has 1 spiro atoms. The van der Waals surface area contributed by atoms with Crippen molar-refractivity contribution in [1.29, 1.82) is 0 Å². The van der Waals surface area contributed by atoms with Crippen molar-refractivity contribution in [3.05, 3.63) is 0 Å². The topological polar surface area (TPSA) is 77.9 Å². The minimum Gasteiger partial charge on any atom is -0.481 e. The van der Waals surface area contributed by atoms with E-state index in [1.807, 2.05) is 0 Å². The van der Waals surface area contributed by atoms with Crippen LogP contribution < -0.4 is 0 Å². The lowest BCUT2D eigenvalue weighted by molar-refractivity contribution is -0.157. The van der Waals surface area contributed by atoms with Crippen LogP contribution >= 0.6 is 0 Å². The van der Waals surface area contributed by atoms with E-state index in [1.165, 1.54) is 0 Å². The Kier molecular flexibility index (Phi) is 4.00. The second-order valence-corrected chi connectivity index (χ2v) is 7.07. The summed E-state index contributed by atoms with van der Waals surface area (Å²) in [4.78, 5) is 37.4. The molecule has 3 rings (SSSR count). The fraction of sp³-hybridized carbons (Fsp3) is 0.800. The lowest BCUT2D eigenvalue weighted by atomic mass is 9.90. The van der Waals surface area contributed by atoms with Gasteiger partial charge in [0.05, 0.1) is 11.8 Å². The van der Waals surface area contributed by atoms with E-state index < -0.39 is 30.5 Å². The maximum Gasteiger partial charge on any atom is 0.406 e. The zero-order chi connectivity index (χ0) is 17.7. The largest absolute Gasteiger partial charge is 0.481 e. The molecule has 134 valence electrons. The predicted molar refractivity (Wildman–Crippen MR) is 74.7 cm³/mol. The molecular formula is C15H19F3N2O4. The minimum atomic E-state index is -4.47. The maximum atomic E-state index is 12.5. The first kappa shape index (κ1) is 17.0. The van der Waals surface area contributed by atoms with Crippen LogP contribution in [0, 0.1) is 17.3 Å². The standard InChI is InChI=1S/C15H19F3N2O4/c16-15(17,18)8-20-7-9(5-11(20)21)12(22)19-3-1-14(2-4-19)6-10(14)13(23)24/h9-10H,1-8H2,(H,23,24). The summed E-state index contributed by atoms with van der Waals surface area (Å²) in [5.74, 6) is -2.82. The number of alkyl halides is 3. The Balaban J connectivity index is 1.53. The van der Waals surface area contributed by atoms with Crippen LogP contribution in [0.1, 0.15) is 25.7 Å². The number of halogens is 3. The number of hydrogen-bond acceptors (Lipinski definition) is 3. The Morgan fingerprint density at radius 2 is 1.88 bits per heavy atom. The van der Waals surface area contributed by atoms with Gasteiger partial charge in [0.1, 0.15) is 6.54 Å². The number of amides is 2. The fourth-order valence-electron chi connectivity index (χ4n) is 3.99. The molecule has 1 saturated carbocycles. The van der Waals surface area contributed by atoms with Crippen molar-refractivity contribution >= 4 is 17.8 Å². The number of likely N-dealkylation sites (tertiary alicyclic amines) is 2. The van der Waals surface area contributed by atoms with Crippen LogP contribution in [0.5, 0.6) is 0 Å². The van der Waals surface area contributed by atoms with E-state index in [9.17, 15) is 27.6 Å². The number of rotatable bonds is 3. The van der Waals surface area contributed by atoms with Gasteiger partial charge >= 0.3 is 12.1 Å². The number of piperidine rings is 1. The molecule has 1 aliphatic carbocycles. The fourth-order valence-corrected chi connectivity index (χ4v) is 3.99. The molecule has 0 bridgehead atoms. The first-order chi connectivity index (χ1) is 11.1. The number of carboxylic acids is 1. The second kappa shape index (κ2) is 5.63. The number of carbonyl (C=O) groups excluding carboxylic acids is 2. The van der Waals surface area contributed by atoms with Crippen LogP contribution in [0.3, 0.4) is 0 Å². The van der Waals surface area contributed by atoms with Crippen molar-refractivity contribution in [1.82, 2.24) is 9.80 Å². The van der Waals surface area contributed by atoms with Gasteiger partial charge in [0, 0.05) is 26.1 Å². The van der Waals surface area contributed by atoms with E-state index in [2.05, 4.69) is 0 Å². The van der Waals surface area contributed by atoms with Gasteiger partial charge in [-0.2, -0.15) is 13.2 Å². The van der Waals surface area contributed by atoms with E-state index >= 15 is 0 Å². The molecule has 2 aliphatic heterocycles. The van der Waals surface area contributed by atoms with Crippen molar-refractivity contribution in [2.75, 3.05) is 26.2 Å². The van der Waals surface area contributed by atoms with Gasteiger partial charge < -0.3 is 14.9 Å². The van der Waals surface area contributed by atoms with Crippen LogP contribution in [0.2, 0.25) is 0 Å². The highest BCUT2D eigenvalue weighted by atomic mass is 19.4. The highest BCUT2D eigenvalue weighted by Gasteiger charge is 2.59. The number of aliphatic carboxylic acids is 1. The van der Waals surface area contributed by atoms with Gasteiger partial charge in [-0.1, -0.05) is 0 Å². The van der Waals surface area contributed by atoms with Crippen LogP contribution in [0.25, 0.3) is 0 Å². The van der Waals surface area contributed by atoms with Crippen molar-refractivity contribution < 1.29 is 32.7 Å². The van der Waals surface area contributed by atoms with Crippen LogP contribution in [0.15, 0.2) is 0 Å². The van der Waals surface area contributed by atoms with E-state index in [1.54, 1.807) is 4.90 Å². The molecule has 0 aromatic carbocycles. The third-order valence-electron chi connectivity index (χ3n) is 5.49. The van der Waals surface area contributed by atoms with Gasteiger partial charge in [-0.05, 0) is 24.7 Å². The smallest absolute Gasteiger partial charge is 0.406 e. The second-order valence-electron chi connectivity index (χ2n) is 7.07. The molecule has 0 aromatic heterocycles. The summed E-state index contributed by atoms with van der Waals surface area (Å²) in [6.07, 6.45) is -2.83. The lowest BCUT2D eigenvalue weighted by Gasteiger charge is -2.34.